The number of ether oxygens (including phenoxy) is 1. The van der Waals surface area contributed by atoms with Crippen LogP contribution in [-0.4, -0.2) is 42.2 Å². The van der Waals surface area contributed by atoms with Gasteiger partial charge in [0.15, 0.2) is 0 Å². The molecule has 2 N–H and O–H groups in total. The number of carbonyl (C=O) groups excluding carboxylic acids is 1. The maximum absolute atomic E-state index is 12.1. The summed E-state index contributed by atoms with van der Waals surface area (Å²) < 4.78 is 5.36. The van der Waals surface area contributed by atoms with Crippen LogP contribution < -0.4 is 5.32 Å². The summed E-state index contributed by atoms with van der Waals surface area (Å²) in [7, 11) is 0. The molecule has 1 saturated heterocycles. The number of nitrogens with zero attached hydrogens (tertiary/aromatic N) is 1. The second-order valence-corrected chi connectivity index (χ2v) is 5.90. The number of morpholine rings is 1. The SMILES string of the molecule is O=C(NCc1ccc(CN2CCOCC2)cc1)c1ccccc1O. The fourth-order valence-electron chi connectivity index (χ4n) is 2.72. The molecule has 1 aliphatic heterocycles. The molecular formula is C19H22N2O3. The lowest BCUT2D eigenvalue weighted by atomic mass is 10.1. The summed E-state index contributed by atoms with van der Waals surface area (Å²) in [5.74, 6) is -0.277. The largest absolute Gasteiger partial charge is 0.507 e. The Morgan fingerprint density at radius 1 is 1.04 bits per heavy atom. The standard InChI is InChI=1S/C19H22N2O3/c22-18-4-2-1-3-17(18)19(23)20-13-15-5-7-16(8-6-15)14-21-9-11-24-12-10-21/h1-8,22H,9-14H2,(H,20,23). The van der Waals surface area contributed by atoms with Crippen molar-refractivity contribution in [2.75, 3.05) is 26.3 Å². The normalized spacial score (nSPS) is 15.2. The van der Waals surface area contributed by atoms with Gasteiger partial charge in [-0.25, -0.2) is 0 Å². The molecule has 2 aromatic carbocycles. The number of phenolic OH excluding ortho intramolecular Hbond substituents is 1. The molecule has 0 spiro atoms. The Kier molecular flexibility index (Phi) is 5.46. The Morgan fingerprint density at radius 3 is 2.42 bits per heavy atom. The summed E-state index contributed by atoms with van der Waals surface area (Å²) in [4.78, 5) is 14.5. The zero-order valence-corrected chi connectivity index (χ0v) is 13.6. The molecule has 5 nitrogen and oxygen atoms in total. The first-order chi connectivity index (χ1) is 11.7. The summed E-state index contributed by atoms with van der Waals surface area (Å²) >= 11 is 0. The molecule has 0 bridgehead atoms. The Balaban J connectivity index is 1.52. The zero-order chi connectivity index (χ0) is 16.8. The Bertz CT molecular complexity index is 679. The van der Waals surface area contributed by atoms with E-state index in [0.29, 0.717) is 12.1 Å². The molecule has 1 fully saturated rings. The van der Waals surface area contributed by atoms with Crippen LogP contribution in [0.3, 0.4) is 0 Å². The van der Waals surface area contributed by atoms with Crippen LogP contribution in [-0.2, 0) is 17.8 Å². The molecular weight excluding hydrogens is 304 g/mol. The Labute approximate surface area is 141 Å². The van der Waals surface area contributed by atoms with Crippen LogP contribution in [0, 0.1) is 0 Å². The van der Waals surface area contributed by atoms with Gasteiger partial charge in [0.25, 0.3) is 5.91 Å². The fourth-order valence-corrected chi connectivity index (χ4v) is 2.72. The van der Waals surface area contributed by atoms with E-state index in [4.69, 9.17) is 4.74 Å². The van der Waals surface area contributed by atoms with Gasteiger partial charge >= 0.3 is 0 Å². The van der Waals surface area contributed by atoms with Crippen molar-refractivity contribution in [3.8, 4) is 5.75 Å². The average Bonchev–Trinajstić information content (AvgIpc) is 2.62. The highest BCUT2D eigenvalue weighted by Crippen LogP contribution is 2.15. The minimum atomic E-state index is -0.273. The molecule has 1 heterocycles. The van der Waals surface area contributed by atoms with E-state index >= 15 is 0 Å². The molecule has 0 aliphatic carbocycles. The minimum Gasteiger partial charge on any atom is -0.507 e. The van der Waals surface area contributed by atoms with Gasteiger partial charge in [0.1, 0.15) is 5.75 Å². The first-order valence-electron chi connectivity index (χ1n) is 8.16. The van der Waals surface area contributed by atoms with Crippen molar-refractivity contribution in [3.05, 3.63) is 65.2 Å². The molecule has 0 atom stereocenters. The van der Waals surface area contributed by atoms with Gasteiger partial charge in [-0.3, -0.25) is 9.69 Å². The molecule has 2 aromatic rings. The highest BCUT2D eigenvalue weighted by molar-refractivity contribution is 5.96. The molecule has 1 aliphatic rings. The van der Waals surface area contributed by atoms with E-state index in [9.17, 15) is 9.90 Å². The fraction of sp³-hybridized carbons (Fsp3) is 0.316. The highest BCUT2D eigenvalue weighted by atomic mass is 16.5. The predicted molar refractivity (Wildman–Crippen MR) is 91.8 cm³/mol. The number of para-hydroxylation sites is 1. The number of aromatic hydroxyl groups is 1. The third-order valence-electron chi connectivity index (χ3n) is 4.13. The van der Waals surface area contributed by atoms with Gasteiger partial charge in [0.05, 0.1) is 18.8 Å². The second-order valence-electron chi connectivity index (χ2n) is 5.90. The number of benzene rings is 2. The van der Waals surface area contributed by atoms with Crippen LogP contribution in [0.15, 0.2) is 48.5 Å². The maximum atomic E-state index is 12.1. The summed E-state index contributed by atoms with van der Waals surface area (Å²) in [5, 5.41) is 12.5. The van der Waals surface area contributed by atoms with Crippen molar-refractivity contribution in [1.82, 2.24) is 10.2 Å². The quantitative estimate of drug-likeness (QED) is 0.884. The number of nitrogens with one attached hydrogen (secondary N) is 1. The molecule has 0 aromatic heterocycles. The maximum Gasteiger partial charge on any atom is 0.255 e. The molecule has 126 valence electrons. The molecule has 0 saturated carbocycles. The number of hydrogen-bond acceptors (Lipinski definition) is 4. The lowest BCUT2D eigenvalue weighted by Crippen LogP contribution is -2.35. The van der Waals surface area contributed by atoms with Crippen molar-refractivity contribution < 1.29 is 14.6 Å². The monoisotopic (exact) mass is 326 g/mol. The van der Waals surface area contributed by atoms with Gasteiger partial charge in [-0.2, -0.15) is 0 Å². The first kappa shape index (κ1) is 16.5. The number of hydrogen-bond donors (Lipinski definition) is 2. The topological polar surface area (TPSA) is 61.8 Å². The molecule has 1 amide bonds. The summed E-state index contributed by atoms with van der Waals surface area (Å²) in [6, 6.07) is 14.8. The molecule has 3 rings (SSSR count). The third kappa shape index (κ3) is 4.34. The van der Waals surface area contributed by atoms with Crippen molar-refractivity contribution in [2.24, 2.45) is 0 Å². The van der Waals surface area contributed by atoms with Crippen LogP contribution in [0.5, 0.6) is 5.75 Å². The van der Waals surface area contributed by atoms with E-state index in [1.165, 1.54) is 11.6 Å². The lowest BCUT2D eigenvalue weighted by molar-refractivity contribution is 0.0342. The van der Waals surface area contributed by atoms with E-state index in [0.717, 1.165) is 38.4 Å². The highest BCUT2D eigenvalue weighted by Gasteiger charge is 2.11. The van der Waals surface area contributed by atoms with Crippen LogP contribution >= 0.6 is 0 Å². The number of rotatable bonds is 5. The Hall–Kier alpha value is -2.37. The minimum absolute atomic E-state index is 0.00383. The van der Waals surface area contributed by atoms with Crippen molar-refractivity contribution in [1.29, 1.82) is 0 Å². The van der Waals surface area contributed by atoms with Gasteiger partial charge in [-0.05, 0) is 23.3 Å². The van der Waals surface area contributed by atoms with E-state index < -0.39 is 0 Å². The number of amides is 1. The van der Waals surface area contributed by atoms with Gasteiger partial charge in [-0.1, -0.05) is 36.4 Å². The van der Waals surface area contributed by atoms with Gasteiger partial charge in [0.2, 0.25) is 0 Å². The van der Waals surface area contributed by atoms with Crippen molar-refractivity contribution in [3.63, 3.8) is 0 Å². The van der Waals surface area contributed by atoms with E-state index in [1.807, 2.05) is 12.1 Å². The van der Waals surface area contributed by atoms with E-state index in [1.54, 1.807) is 18.2 Å². The van der Waals surface area contributed by atoms with E-state index in [2.05, 4.69) is 22.3 Å². The van der Waals surface area contributed by atoms with Crippen LogP contribution in [0.25, 0.3) is 0 Å². The van der Waals surface area contributed by atoms with Crippen LogP contribution in [0.4, 0.5) is 0 Å². The van der Waals surface area contributed by atoms with Crippen LogP contribution in [0.2, 0.25) is 0 Å². The first-order valence-corrected chi connectivity index (χ1v) is 8.16. The average molecular weight is 326 g/mol. The van der Waals surface area contributed by atoms with Gasteiger partial charge in [-0.15, -0.1) is 0 Å². The lowest BCUT2D eigenvalue weighted by Gasteiger charge is -2.26. The zero-order valence-electron chi connectivity index (χ0n) is 13.6. The summed E-state index contributed by atoms with van der Waals surface area (Å²) in [5.41, 5.74) is 2.58. The molecule has 0 unspecified atom stereocenters. The van der Waals surface area contributed by atoms with Gasteiger partial charge < -0.3 is 15.2 Å². The molecule has 0 radical (unpaired) electrons. The van der Waals surface area contributed by atoms with Crippen LogP contribution in [0.1, 0.15) is 21.5 Å². The number of phenols is 1. The third-order valence-corrected chi connectivity index (χ3v) is 4.13. The predicted octanol–water partition coefficient (Wildman–Crippen LogP) is 2.15. The molecule has 24 heavy (non-hydrogen) atoms. The summed E-state index contributed by atoms with van der Waals surface area (Å²) in [6.45, 7) is 4.91. The van der Waals surface area contributed by atoms with Crippen molar-refractivity contribution in [2.45, 2.75) is 13.1 Å². The summed E-state index contributed by atoms with van der Waals surface area (Å²) in [6.07, 6.45) is 0. The smallest absolute Gasteiger partial charge is 0.255 e. The van der Waals surface area contributed by atoms with Gasteiger partial charge in [0, 0.05) is 26.2 Å². The van der Waals surface area contributed by atoms with E-state index in [-0.39, 0.29) is 11.7 Å². The number of carbonyl (C=O) groups is 1. The van der Waals surface area contributed by atoms with Crippen molar-refractivity contribution >= 4 is 5.91 Å². The molecule has 5 heteroatoms. The Morgan fingerprint density at radius 2 is 1.71 bits per heavy atom. The second kappa shape index (κ2) is 7.95.